The van der Waals surface area contributed by atoms with Crippen LogP contribution in [0, 0.1) is 11.8 Å². The summed E-state index contributed by atoms with van der Waals surface area (Å²) in [6, 6.07) is 1.60. The van der Waals surface area contributed by atoms with Crippen molar-refractivity contribution in [2.75, 3.05) is 23.7 Å². The minimum Gasteiger partial charge on any atom is -0.460 e. The van der Waals surface area contributed by atoms with Gasteiger partial charge in [-0.2, -0.15) is 13.2 Å². The number of esters is 1. The summed E-state index contributed by atoms with van der Waals surface area (Å²) in [6.07, 6.45) is -1.57. The third-order valence-corrected chi connectivity index (χ3v) is 4.04. The molecule has 2 rings (SSSR count). The van der Waals surface area contributed by atoms with Crippen LogP contribution in [0.25, 0.3) is 0 Å². The molecule has 2 N–H and O–H groups in total. The number of carbonyl (C=O) groups excluding carboxylic acids is 1. The Balaban J connectivity index is 2.17. The van der Waals surface area contributed by atoms with Gasteiger partial charge in [-0.3, -0.25) is 9.78 Å². The molecule has 0 spiro atoms. The number of alkyl halides is 3. The molecular weight excluding hydrogens is 335 g/mol. The Morgan fingerprint density at radius 1 is 1.36 bits per heavy atom. The SMILES string of the molecule is CC(C)(C)OC(=O)C[C@H]1C[C@@H](C(F)(F)F)CN(c2ccncc2N)C1. The van der Waals surface area contributed by atoms with Crippen molar-refractivity contribution in [1.82, 2.24) is 4.98 Å². The van der Waals surface area contributed by atoms with Crippen LogP contribution in [-0.4, -0.2) is 35.8 Å². The zero-order valence-corrected chi connectivity index (χ0v) is 14.6. The lowest BCUT2D eigenvalue weighted by Crippen LogP contribution is -2.46. The van der Waals surface area contributed by atoms with E-state index in [1.165, 1.54) is 12.4 Å². The highest BCUT2D eigenvalue weighted by atomic mass is 19.4. The summed E-state index contributed by atoms with van der Waals surface area (Å²) in [5.74, 6) is -2.45. The van der Waals surface area contributed by atoms with Gasteiger partial charge < -0.3 is 15.4 Å². The number of hydrogen-bond donors (Lipinski definition) is 1. The van der Waals surface area contributed by atoms with Crippen molar-refractivity contribution in [1.29, 1.82) is 0 Å². The van der Waals surface area contributed by atoms with Crippen molar-refractivity contribution in [2.45, 2.75) is 45.4 Å². The van der Waals surface area contributed by atoms with Gasteiger partial charge in [-0.15, -0.1) is 0 Å². The fourth-order valence-corrected chi connectivity index (χ4v) is 3.09. The van der Waals surface area contributed by atoms with Crippen LogP contribution in [0.3, 0.4) is 0 Å². The molecule has 0 saturated carbocycles. The average molecular weight is 359 g/mol. The summed E-state index contributed by atoms with van der Waals surface area (Å²) < 4.78 is 45.2. The van der Waals surface area contributed by atoms with Gasteiger partial charge in [0.2, 0.25) is 0 Å². The van der Waals surface area contributed by atoms with Crippen LogP contribution in [0.2, 0.25) is 0 Å². The molecule has 5 nitrogen and oxygen atoms in total. The van der Waals surface area contributed by atoms with Crippen LogP contribution >= 0.6 is 0 Å². The first-order valence-electron chi connectivity index (χ1n) is 8.18. The van der Waals surface area contributed by atoms with Crippen molar-refractivity contribution in [2.24, 2.45) is 11.8 Å². The summed E-state index contributed by atoms with van der Waals surface area (Å²) in [7, 11) is 0. The first-order chi connectivity index (χ1) is 11.5. The van der Waals surface area contributed by atoms with Crippen molar-refractivity contribution in [3.8, 4) is 0 Å². The third-order valence-electron chi connectivity index (χ3n) is 4.04. The molecule has 1 fully saturated rings. The van der Waals surface area contributed by atoms with Crippen molar-refractivity contribution in [3.63, 3.8) is 0 Å². The average Bonchev–Trinajstić information content (AvgIpc) is 2.44. The number of carbonyl (C=O) groups is 1. The number of ether oxygens (including phenoxy) is 1. The van der Waals surface area contributed by atoms with Gasteiger partial charge in [0.1, 0.15) is 5.60 Å². The van der Waals surface area contributed by atoms with Crippen LogP contribution in [-0.2, 0) is 9.53 Å². The number of rotatable bonds is 3. The number of piperidine rings is 1. The molecule has 0 aliphatic carbocycles. The number of nitrogens with zero attached hydrogens (tertiary/aromatic N) is 2. The molecule has 140 valence electrons. The Bertz CT molecular complexity index is 614. The molecule has 1 aromatic rings. The van der Waals surface area contributed by atoms with Gasteiger partial charge in [0, 0.05) is 19.3 Å². The highest BCUT2D eigenvalue weighted by Crippen LogP contribution is 2.39. The van der Waals surface area contributed by atoms with Gasteiger partial charge in [-0.25, -0.2) is 0 Å². The summed E-state index contributed by atoms with van der Waals surface area (Å²) in [5, 5.41) is 0. The van der Waals surface area contributed by atoms with E-state index in [0.717, 1.165) is 0 Å². The second kappa shape index (κ2) is 7.09. The first kappa shape index (κ1) is 19.3. The molecule has 1 aromatic heterocycles. The Kier molecular flexibility index (Phi) is 5.49. The van der Waals surface area contributed by atoms with E-state index in [1.807, 2.05) is 0 Å². The molecule has 1 aliphatic rings. The number of halogens is 3. The van der Waals surface area contributed by atoms with Crippen molar-refractivity contribution >= 4 is 17.3 Å². The highest BCUT2D eigenvalue weighted by Gasteiger charge is 2.45. The zero-order chi connectivity index (χ0) is 18.8. The molecular formula is C17H24F3N3O2. The van der Waals surface area contributed by atoms with Gasteiger partial charge in [-0.1, -0.05) is 0 Å². The molecule has 1 saturated heterocycles. The quantitative estimate of drug-likeness (QED) is 0.838. The highest BCUT2D eigenvalue weighted by molar-refractivity contribution is 5.71. The summed E-state index contributed by atoms with van der Waals surface area (Å²) >= 11 is 0. The lowest BCUT2D eigenvalue weighted by atomic mass is 9.86. The lowest BCUT2D eigenvalue weighted by molar-refractivity contribution is -0.181. The molecule has 1 aliphatic heterocycles. The standard InChI is InChI=1S/C17H24F3N3O2/c1-16(2,3)25-15(24)7-11-6-12(17(18,19)20)10-23(9-11)14-4-5-22-8-13(14)21/h4-5,8,11-12H,6-7,9-10,21H2,1-3H3/t11-,12-/m1/s1. The monoisotopic (exact) mass is 359 g/mol. The molecule has 2 atom stereocenters. The molecule has 0 unspecified atom stereocenters. The van der Waals surface area contributed by atoms with Gasteiger partial charge in [0.25, 0.3) is 0 Å². The van der Waals surface area contributed by atoms with E-state index in [0.29, 0.717) is 17.9 Å². The number of nitrogens with two attached hydrogens (primary N) is 1. The van der Waals surface area contributed by atoms with Crippen LogP contribution in [0.15, 0.2) is 18.5 Å². The second-order valence-electron chi connectivity index (χ2n) is 7.47. The molecule has 25 heavy (non-hydrogen) atoms. The smallest absolute Gasteiger partial charge is 0.393 e. The predicted molar refractivity (Wildman–Crippen MR) is 89.0 cm³/mol. The van der Waals surface area contributed by atoms with Crippen molar-refractivity contribution < 1.29 is 22.7 Å². The molecule has 0 aromatic carbocycles. The normalized spacial score (nSPS) is 21.9. The number of aromatic nitrogens is 1. The van der Waals surface area contributed by atoms with E-state index in [-0.39, 0.29) is 19.4 Å². The van der Waals surface area contributed by atoms with Crippen LogP contribution in [0.4, 0.5) is 24.5 Å². The molecule has 2 heterocycles. The summed E-state index contributed by atoms with van der Waals surface area (Å²) in [5.41, 5.74) is 6.03. The van der Waals surface area contributed by atoms with E-state index in [9.17, 15) is 18.0 Å². The van der Waals surface area contributed by atoms with Crippen molar-refractivity contribution in [3.05, 3.63) is 18.5 Å². The fraction of sp³-hybridized carbons (Fsp3) is 0.647. The Labute approximate surface area is 145 Å². The topological polar surface area (TPSA) is 68.5 Å². The molecule has 0 radical (unpaired) electrons. The Hall–Kier alpha value is -1.99. The summed E-state index contributed by atoms with van der Waals surface area (Å²) in [6.45, 7) is 5.33. The maximum Gasteiger partial charge on any atom is 0.393 e. The first-order valence-corrected chi connectivity index (χ1v) is 8.18. The van der Waals surface area contributed by atoms with E-state index in [4.69, 9.17) is 10.5 Å². The number of hydrogen-bond acceptors (Lipinski definition) is 5. The van der Waals surface area contributed by atoms with Crippen LogP contribution in [0.1, 0.15) is 33.6 Å². The number of pyridine rings is 1. The van der Waals surface area contributed by atoms with E-state index >= 15 is 0 Å². The second-order valence-corrected chi connectivity index (χ2v) is 7.47. The van der Waals surface area contributed by atoms with E-state index in [2.05, 4.69) is 4.98 Å². The minimum atomic E-state index is -4.33. The molecule has 0 bridgehead atoms. The zero-order valence-electron chi connectivity index (χ0n) is 14.6. The minimum absolute atomic E-state index is 0.0503. The van der Waals surface area contributed by atoms with Gasteiger partial charge in [-0.05, 0) is 39.2 Å². The van der Waals surface area contributed by atoms with E-state index < -0.39 is 29.6 Å². The van der Waals surface area contributed by atoms with E-state index in [1.54, 1.807) is 31.7 Å². The molecule has 0 amide bonds. The largest absolute Gasteiger partial charge is 0.460 e. The Morgan fingerprint density at radius 2 is 2.04 bits per heavy atom. The fourth-order valence-electron chi connectivity index (χ4n) is 3.09. The predicted octanol–water partition coefficient (Wildman–Crippen LogP) is 3.40. The Morgan fingerprint density at radius 3 is 2.60 bits per heavy atom. The van der Waals surface area contributed by atoms with Crippen LogP contribution < -0.4 is 10.6 Å². The van der Waals surface area contributed by atoms with Gasteiger partial charge in [0.15, 0.2) is 0 Å². The lowest BCUT2D eigenvalue weighted by Gasteiger charge is -2.40. The number of anilines is 2. The van der Waals surface area contributed by atoms with Gasteiger partial charge in [0.05, 0.1) is 29.9 Å². The maximum atomic E-state index is 13.3. The van der Waals surface area contributed by atoms with Gasteiger partial charge >= 0.3 is 12.1 Å². The van der Waals surface area contributed by atoms with Crippen LogP contribution in [0.5, 0.6) is 0 Å². The summed E-state index contributed by atoms with van der Waals surface area (Å²) in [4.78, 5) is 17.5. The number of nitrogen functional groups attached to an aromatic ring is 1. The molecule has 8 heteroatoms. The third kappa shape index (κ3) is 5.51. The maximum absolute atomic E-state index is 13.3.